The van der Waals surface area contributed by atoms with Crippen molar-refractivity contribution in [1.29, 1.82) is 0 Å². The Bertz CT molecular complexity index is 878. The van der Waals surface area contributed by atoms with Gasteiger partial charge in [-0.15, -0.1) is 0 Å². The number of anilines is 2. The fraction of sp³-hybridized carbons (Fsp3) is 0.368. The smallest absolute Gasteiger partial charge is 0.311 e. The van der Waals surface area contributed by atoms with Crippen LogP contribution in [0, 0.1) is 12.8 Å². The standard InChI is InChI=1S/C19H21N3O6/c1-3-26-15-7-5-4-6-14(15)22-10-13(9-18(22)24)19(25)27-11-17(23)20-16-8-12(2)28-21-16/h4-8,13H,3,9-11H2,1-2H3,(H,20,21,23)/t13-/m1/s1. The highest BCUT2D eigenvalue weighted by atomic mass is 16.5. The van der Waals surface area contributed by atoms with E-state index in [9.17, 15) is 14.4 Å². The van der Waals surface area contributed by atoms with E-state index >= 15 is 0 Å². The molecule has 1 saturated heterocycles. The molecule has 2 aromatic rings. The number of aryl methyl sites for hydroxylation is 1. The van der Waals surface area contributed by atoms with Crippen molar-refractivity contribution < 1.29 is 28.4 Å². The lowest BCUT2D eigenvalue weighted by atomic mass is 10.1. The number of benzene rings is 1. The predicted molar refractivity (Wildman–Crippen MR) is 98.9 cm³/mol. The van der Waals surface area contributed by atoms with E-state index in [2.05, 4.69) is 10.5 Å². The molecule has 2 amide bonds. The van der Waals surface area contributed by atoms with E-state index < -0.39 is 24.4 Å². The quantitative estimate of drug-likeness (QED) is 0.723. The molecule has 148 valence electrons. The zero-order chi connectivity index (χ0) is 20.1. The molecular formula is C19H21N3O6. The maximum absolute atomic E-state index is 12.4. The molecule has 0 radical (unpaired) electrons. The third kappa shape index (κ3) is 4.48. The van der Waals surface area contributed by atoms with Gasteiger partial charge in [-0.1, -0.05) is 17.3 Å². The fourth-order valence-electron chi connectivity index (χ4n) is 2.91. The van der Waals surface area contributed by atoms with Crippen LogP contribution in [-0.4, -0.2) is 42.7 Å². The number of hydrogen-bond donors (Lipinski definition) is 1. The highest BCUT2D eigenvalue weighted by Gasteiger charge is 2.37. The summed E-state index contributed by atoms with van der Waals surface area (Å²) >= 11 is 0. The minimum absolute atomic E-state index is 0.0173. The zero-order valence-corrected chi connectivity index (χ0v) is 15.6. The van der Waals surface area contributed by atoms with Crippen LogP contribution < -0.4 is 15.0 Å². The van der Waals surface area contributed by atoms with Crippen LogP contribution in [0.5, 0.6) is 5.75 Å². The van der Waals surface area contributed by atoms with Crippen LogP contribution in [0.1, 0.15) is 19.1 Å². The van der Waals surface area contributed by atoms with E-state index in [0.29, 0.717) is 23.8 Å². The van der Waals surface area contributed by atoms with Crippen molar-refractivity contribution in [3.05, 3.63) is 36.1 Å². The van der Waals surface area contributed by atoms with Gasteiger partial charge in [-0.05, 0) is 26.0 Å². The molecule has 1 aliphatic heterocycles. The van der Waals surface area contributed by atoms with E-state index in [1.54, 1.807) is 31.2 Å². The normalized spacial score (nSPS) is 16.1. The Balaban J connectivity index is 1.56. The molecule has 1 aromatic carbocycles. The molecule has 9 heteroatoms. The molecule has 1 aliphatic rings. The number of aromatic nitrogens is 1. The van der Waals surface area contributed by atoms with Crippen molar-refractivity contribution in [2.45, 2.75) is 20.3 Å². The molecule has 1 aromatic heterocycles. The van der Waals surface area contributed by atoms with E-state index in [1.165, 1.54) is 4.90 Å². The lowest BCUT2D eigenvalue weighted by molar-refractivity contribution is -0.151. The molecule has 3 rings (SSSR count). The number of rotatable bonds is 7. The van der Waals surface area contributed by atoms with E-state index in [-0.39, 0.29) is 24.7 Å². The number of hydrogen-bond acceptors (Lipinski definition) is 7. The molecule has 0 saturated carbocycles. The van der Waals surface area contributed by atoms with Crippen LogP contribution in [0.3, 0.4) is 0 Å². The summed E-state index contributed by atoms with van der Waals surface area (Å²) in [6.07, 6.45) is 0.0173. The predicted octanol–water partition coefficient (Wildman–Crippen LogP) is 1.92. The molecule has 1 fully saturated rings. The van der Waals surface area contributed by atoms with Gasteiger partial charge in [-0.3, -0.25) is 14.4 Å². The molecule has 28 heavy (non-hydrogen) atoms. The highest BCUT2D eigenvalue weighted by Crippen LogP contribution is 2.33. The van der Waals surface area contributed by atoms with Gasteiger partial charge in [0.1, 0.15) is 11.5 Å². The van der Waals surface area contributed by atoms with Crippen molar-refractivity contribution in [3.63, 3.8) is 0 Å². The van der Waals surface area contributed by atoms with Gasteiger partial charge >= 0.3 is 5.97 Å². The van der Waals surface area contributed by atoms with Crippen molar-refractivity contribution in [1.82, 2.24) is 5.16 Å². The van der Waals surface area contributed by atoms with Gasteiger partial charge in [-0.25, -0.2) is 0 Å². The zero-order valence-electron chi connectivity index (χ0n) is 15.6. The number of nitrogens with one attached hydrogen (secondary N) is 1. The lowest BCUT2D eigenvalue weighted by Crippen LogP contribution is -2.28. The van der Waals surface area contributed by atoms with Crippen LogP contribution in [0.4, 0.5) is 11.5 Å². The maximum Gasteiger partial charge on any atom is 0.311 e. The molecule has 0 bridgehead atoms. The first-order valence-corrected chi connectivity index (χ1v) is 8.90. The van der Waals surface area contributed by atoms with Crippen molar-refractivity contribution in [2.75, 3.05) is 30.0 Å². The Morgan fingerprint density at radius 1 is 1.36 bits per heavy atom. The number of esters is 1. The average Bonchev–Trinajstić information content (AvgIpc) is 3.26. The number of carbonyl (C=O) groups excluding carboxylic acids is 3. The van der Waals surface area contributed by atoms with E-state index in [0.717, 1.165) is 0 Å². The Morgan fingerprint density at radius 3 is 2.86 bits per heavy atom. The summed E-state index contributed by atoms with van der Waals surface area (Å²) in [5, 5.41) is 6.09. The molecular weight excluding hydrogens is 366 g/mol. The minimum atomic E-state index is -0.649. The molecule has 1 N–H and O–H groups in total. The van der Waals surface area contributed by atoms with Crippen LogP contribution in [-0.2, 0) is 19.1 Å². The Hall–Kier alpha value is -3.36. The summed E-state index contributed by atoms with van der Waals surface area (Å²) in [4.78, 5) is 38.0. The second-order valence-corrected chi connectivity index (χ2v) is 6.28. The number of nitrogens with zero attached hydrogens (tertiary/aromatic N) is 2. The Kier molecular flexibility index (Phi) is 5.93. The third-order valence-electron chi connectivity index (χ3n) is 4.16. The second-order valence-electron chi connectivity index (χ2n) is 6.28. The number of amides is 2. The van der Waals surface area contributed by atoms with Crippen molar-refractivity contribution >= 4 is 29.3 Å². The first-order valence-electron chi connectivity index (χ1n) is 8.90. The molecule has 2 heterocycles. The van der Waals surface area contributed by atoms with Crippen molar-refractivity contribution in [2.24, 2.45) is 5.92 Å². The van der Waals surface area contributed by atoms with Gasteiger partial charge in [0, 0.05) is 19.0 Å². The van der Waals surface area contributed by atoms with Crippen LogP contribution in [0.2, 0.25) is 0 Å². The summed E-state index contributed by atoms with van der Waals surface area (Å²) in [6.45, 7) is 3.71. The lowest BCUT2D eigenvalue weighted by Gasteiger charge is -2.19. The Morgan fingerprint density at radius 2 is 2.14 bits per heavy atom. The van der Waals surface area contributed by atoms with E-state index in [1.807, 2.05) is 13.0 Å². The first-order chi connectivity index (χ1) is 13.5. The van der Waals surface area contributed by atoms with Gasteiger partial charge in [0.15, 0.2) is 12.4 Å². The summed E-state index contributed by atoms with van der Waals surface area (Å²) in [6, 6.07) is 8.70. The van der Waals surface area contributed by atoms with Crippen LogP contribution in [0.25, 0.3) is 0 Å². The third-order valence-corrected chi connectivity index (χ3v) is 4.16. The second kappa shape index (κ2) is 8.55. The van der Waals surface area contributed by atoms with Crippen LogP contribution >= 0.6 is 0 Å². The Labute approximate surface area is 161 Å². The summed E-state index contributed by atoms with van der Waals surface area (Å²) in [7, 11) is 0. The summed E-state index contributed by atoms with van der Waals surface area (Å²) in [5.41, 5.74) is 0.615. The average molecular weight is 387 g/mol. The number of carbonyl (C=O) groups is 3. The topological polar surface area (TPSA) is 111 Å². The highest BCUT2D eigenvalue weighted by molar-refractivity contribution is 6.01. The van der Waals surface area contributed by atoms with Gasteiger partial charge in [0.25, 0.3) is 5.91 Å². The van der Waals surface area contributed by atoms with Gasteiger partial charge < -0.3 is 24.2 Å². The molecule has 9 nitrogen and oxygen atoms in total. The van der Waals surface area contributed by atoms with Crippen molar-refractivity contribution in [3.8, 4) is 5.75 Å². The maximum atomic E-state index is 12.4. The number of ether oxygens (including phenoxy) is 2. The van der Waals surface area contributed by atoms with Gasteiger partial charge in [-0.2, -0.15) is 0 Å². The molecule has 0 unspecified atom stereocenters. The largest absolute Gasteiger partial charge is 0.492 e. The minimum Gasteiger partial charge on any atom is -0.492 e. The molecule has 0 aliphatic carbocycles. The SMILES string of the molecule is CCOc1ccccc1N1C[C@H](C(=O)OCC(=O)Nc2cc(C)on2)CC1=O. The molecule has 0 spiro atoms. The van der Waals surface area contributed by atoms with Gasteiger partial charge in [0.05, 0.1) is 18.2 Å². The van der Waals surface area contributed by atoms with Crippen LogP contribution in [0.15, 0.2) is 34.9 Å². The molecule has 1 atom stereocenters. The summed E-state index contributed by atoms with van der Waals surface area (Å²) < 4.78 is 15.5. The summed E-state index contributed by atoms with van der Waals surface area (Å²) in [5.74, 6) is -0.617. The first kappa shape index (κ1) is 19.4. The van der Waals surface area contributed by atoms with Gasteiger partial charge in [0.2, 0.25) is 5.91 Å². The fourth-order valence-corrected chi connectivity index (χ4v) is 2.91. The monoisotopic (exact) mass is 387 g/mol. The number of para-hydroxylation sites is 2. The van der Waals surface area contributed by atoms with E-state index in [4.69, 9.17) is 14.0 Å².